The molecular formula is C23H29N4O6S+. The molecule has 0 unspecified atom stereocenters. The molecular weight excluding hydrogens is 460 g/mol. The van der Waals surface area contributed by atoms with Crippen LogP contribution in [-0.2, 0) is 25.6 Å². The van der Waals surface area contributed by atoms with E-state index in [-0.39, 0.29) is 22.5 Å². The number of carbonyl (C=O) groups is 4. The molecule has 11 heteroatoms. The van der Waals surface area contributed by atoms with Gasteiger partial charge in [0.2, 0.25) is 5.91 Å². The number of primary amides is 1. The summed E-state index contributed by atoms with van der Waals surface area (Å²) in [7, 11) is 3.46. The molecule has 2 aliphatic rings. The first-order valence-electron chi connectivity index (χ1n) is 10.7. The fourth-order valence-corrected chi connectivity index (χ4v) is 5.34. The molecule has 2 heterocycles. The molecule has 0 saturated carbocycles. The minimum absolute atomic E-state index is 0.0892. The van der Waals surface area contributed by atoms with Gasteiger partial charge in [-0.15, -0.1) is 11.8 Å². The zero-order valence-electron chi connectivity index (χ0n) is 19.0. The molecule has 5 N–H and O–H groups in total. The maximum absolute atomic E-state index is 12.8. The number of carboxylic acid groups (broad SMARTS) is 1. The van der Waals surface area contributed by atoms with Crippen LogP contribution >= 0.6 is 11.8 Å². The molecule has 34 heavy (non-hydrogen) atoms. The number of β-lactam (4-membered cyclic amide) rings is 1. The molecule has 0 radical (unpaired) electrons. The van der Waals surface area contributed by atoms with Crippen molar-refractivity contribution in [2.75, 3.05) is 33.0 Å². The summed E-state index contributed by atoms with van der Waals surface area (Å²) in [5.41, 5.74) is 6.51. The summed E-state index contributed by atoms with van der Waals surface area (Å²) in [5.74, 6) is -2.29. The van der Waals surface area contributed by atoms with Crippen molar-refractivity contribution in [2.45, 2.75) is 23.9 Å². The van der Waals surface area contributed by atoms with E-state index >= 15 is 0 Å². The highest BCUT2D eigenvalue weighted by molar-refractivity contribution is 8.00. The molecule has 0 bridgehead atoms. The highest BCUT2D eigenvalue weighted by Gasteiger charge is 2.53. The number of amides is 3. The number of rotatable bonds is 10. The van der Waals surface area contributed by atoms with Crippen molar-refractivity contribution in [3.8, 4) is 0 Å². The normalized spacial score (nSPS) is 21.1. The fraction of sp³-hybridized carbons (Fsp3) is 0.391. The van der Waals surface area contributed by atoms with Gasteiger partial charge < -0.3 is 25.7 Å². The Labute approximate surface area is 201 Å². The van der Waals surface area contributed by atoms with Gasteiger partial charge in [-0.25, -0.2) is 4.79 Å². The van der Waals surface area contributed by atoms with Crippen LogP contribution in [0.2, 0.25) is 0 Å². The van der Waals surface area contributed by atoms with E-state index in [0.717, 1.165) is 5.56 Å². The van der Waals surface area contributed by atoms with Crippen molar-refractivity contribution >= 4 is 35.5 Å². The quantitative estimate of drug-likeness (QED) is 0.254. The van der Waals surface area contributed by atoms with Gasteiger partial charge in [-0.05, 0) is 17.2 Å². The zero-order valence-corrected chi connectivity index (χ0v) is 19.8. The lowest BCUT2D eigenvalue weighted by atomic mass is 10.0. The molecule has 0 aliphatic carbocycles. The number of hydrogen-bond donors (Lipinski definition) is 4. The second-order valence-corrected chi connectivity index (χ2v) is 9.87. The van der Waals surface area contributed by atoms with Crippen molar-refractivity contribution in [3.63, 3.8) is 0 Å². The molecule has 10 nitrogen and oxygen atoms in total. The van der Waals surface area contributed by atoms with E-state index < -0.39 is 41.8 Å². The first-order valence-corrected chi connectivity index (χ1v) is 11.8. The van der Waals surface area contributed by atoms with Crippen LogP contribution in [0.3, 0.4) is 0 Å². The number of aliphatic carboxylic acids is 1. The fourth-order valence-electron chi connectivity index (χ4n) is 4.03. The van der Waals surface area contributed by atoms with Crippen molar-refractivity contribution < 1.29 is 33.9 Å². The van der Waals surface area contributed by atoms with Gasteiger partial charge in [0, 0.05) is 5.75 Å². The summed E-state index contributed by atoms with van der Waals surface area (Å²) >= 11 is 1.37. The molecule has 1 fully saturated rings. The van der Waals surface area contributed by atoms with Crippen molar-refractivity contribution in [2.24, 2.45) is 5.73 Å². The number of thioether (sulfide) groups is 1. The molecule has 3 amide bonds. The highest BCUT2D eigenvalue weighted by Crippen LogP contribution is 2.40. The van der Waals surface area contributed by atoms with E-state index in [2.05, 4.69) is 5.32 Å². The third-order valence-electron chi connectivity index (χ3n) is 5.96. The summed E-state index contributed by atoms with van der Waals surface area (Å²) in [5, 5.41) is 21.5. The minimum Gasteiger partial charge on any atom is -0.477 e. The van der Waals surface area contributed by atoms with E-state index in [4.69, 9.17) is 5.73 Å². The Hall–Kier alpha value is -3.15. The monoisotopic (exact) mass is 489 g/mol. The predicted octanol–water partition coefficient (Wildman–Crippen LogP) is -0.553. The average molecular weight is 490 g/mol. The number of quaternary nitrogens is 1. The molecule has 1 saturated heterocycles. The summed E-state index contributed by atoms with van der Waals surface area (Å²) in [4.78, 5) is 49.9. The van der Waals surface area contributed by atoms with Gasteiger partial charge in [-0.1, -0.05) is 36.4 Å². The Morgan fingerprint density at radius 2 is 1.97 bits per heavy atom. The number of allylic oxidation sites excluding steroid dienone is 1. The number of benzene rings is 1. The Bertz CT molecular complexity index is 1040. The highest BCUT2D eigenvalue weighted by atomic mass is 32.2. The third-order valence-corrected chi connectivity index (χ3v) is 7.27. The molecule has 182 valence electrons. The number of nitrogens with zero attached hydrogens (tertiary/aromatic N) is 2. The van der Waals surface area contributed by atoms with Gasteiger partial charge in [0.25, 0.3) is 11.8 Å². The van der Waals surface area contributed by atoms with Crippen LogP contribution in [0.1, 0.15) is 5.56 Å². The lowest BCUT2D eigenvalue weighted by Gasteiger charge is -2.49. The second kappa shape index (κ2) is 10.4. The Morgan fingerprint density at radius 1 is 1.29 bits per heavy atom. The number of nitrogens with two attached hydrogens (primary N) is 1. The number of aliphatic hydroxyl groups excluding tert-OH is 1. The number of carboxylic acids is 1. The maximum Gasteiger partial charge on any atom is 0.352 e. The van der Waals surface area contributed by atoms with Gasteiger partial charge in [-0.3, -0.25) is 19.3 Å². The maximum atomic E-state index is 12.8. The summed E-state index contributed by atoms with van der Waals surface area (Å²) in [6.45, 7) is -0.0960. The molecule has 1 aromatic carbocycles. The van der Waals surface area contributed by atoms with Crippen LogP contribution in [0, 0.1) is 0 Å². The SMILES string of the molecule is C[N+](C)(CC=CC1=C(C(=O)O)N2C(=O)[C@@H](NC(=O)Cc3ccccc3)[C@@H]2SC1)[C@H](CO)C(N)=O. The molecule has 0 aromatic heterocycles. The third kappa shape index (κ3) is 5.32. The smallest absolute Gasteiger partial charge is 0.352 e. The van der Waals surface area contributed by atoms with E-state index in [9.17, 15) is 29.4 Å². The largest absolute Gasteiger partial charge is 0.477 e. The second-order valence-electron chi connectivity index (χ2n) is 8.76. The Kier molecular flexibility index (Phi) is 7.80. The van der Waals surface area contributed by atoms with Crippen molar-refractivity contribution in [3.05, 3.63) is 59.3 Å². The van der Waals surface area contributed by atoms with Crippen LogP contribution in [0.15, 0.2) is 53.8 Å². The topological polar surface area (TPSA) is 150 Å². The van der Waals surface area contributed by atoms with Crippen LogP contribution in [0.25, 0.3) is 0 Å². The Balaban J connectivity index is 1.70. The molecule has 1 aromatic rings. The van der Waals surface area contributed by atoms with Crippen molar-refractivity contribution in [1.29, 1.82) is 0 Å². The minimum atomic E-state index is -1.23. The van der Waals surface area contributed by atoms with Gasteiger partial charge in [0.15, 0.2) is 6.04 Å². The number of nitrogens with one attached hydrogen (secondary N) is 1. The summed E-state index contributed by atoms with van der Waals surface area (Å²) < 4.78 is 0.0892. The predicted molar refractivity (Wildman–Crippen MR) is 126 cm³/mol. The number of likely N-dealkylation sites (N-methyl/N-ethyl adjacent to an activating group) is 1. The number of aliphatic hydroxyl groups is 1. The Morgan fingerprint density at radius 3 is 2.56 bits per heavy atom. The number of fused-ring (bicyclic) bond motifs is 1. The van der Waals surface area contributed by atoms with Gasteiger partial charge in [0.05, 0.1) is 27.1 Å². The van der Waals surface area contributed by atoms with Gasteiger partial charge in [0.1, 0.15) is 23.7 Å². The molecule has 3 atom stereocenters. The number of carbonyl (C=O) groups excluding carboxylic acids is 3. The first kappa shape index (κ1) is 25.5. The van der Waals surface area contributed by atoms with E-state index in [1.807, 2.05) is 30.3 Å². The van der Waals surface area contributed by atoms with Crippen molar-refractivity contribution in [1.82, 2.24) is 10.2 Å². The molecule has 3 rings (SSSR count). The van der Waals surface area contributed by atoms with Crippen LogP contribution < -0.4 is 11.1 Å². The standard InChI is InChI=1S/C23H28N4O6S/c1-27(2,16(12-28)20(24)30)10-6-9-15-13-34-22-18(21(31)26(22)19(15)23(32)33)25-17(29)11-14-7-4-3-5-8-14/h3-9,16,18,22,28H,10-13H2,1-2H3,(H3-,24,25,29,30,32,33)/p+1/t16-,18-,22+/m1/s1. The van der Waals surface area contributed by atoms with Crippen LogP contribution in [0.5, 0.6) is 0 Å². The van der Waals surface area contributed by atoms with Gasteiger partial charge >= 0.3 is 5.97 Å². The zero-order chi connectivity index (χ0) is 25.0. The number of hydrogen-bond acceptors (Lipinski definition) is 6. The van der Waals surface area contributed by atoms with Crippen LogP contribution in [-0.4, -0.2) is 93.7 Å². The van der Waals surface area contributed by atoms with E-state index in [1.165, 1.54) is 16.7 Å². The summed E-state index contributed by atoms with van der Waals surface area (Å²) in [6.07, 6.45) is 3.45. The van der Waals surface area contributed by atoms with Crippen LogP contribution in [0.4, 0.5) is 0 Å². The van der Waals surface area contributed by atoms with E-state index in [0.29, 0.717) is 17.9 Å². The lowest BCUT2D eigenvalue weighted by molar-refractivity contribution is -0.900. The molecule has 0 spiro atoms. The lowest BCUT2D eigenvalue weighted by Crippen LogP contribution is -2.70. The average Bonchev–Trinajstić information content (AvgIpc) is 2.77. The van der Waals surface area contributed by atoms with E-state index in [1.54, 1.807) is 26.2 Å². The first-order chi connectivity index (χ1) is 16.1. The molecule has 2 aliphatic heterocycles. The van der Waals surface area contributed by atoms with Gasteiger partial charge in [-0.2, -0.15) is 0 Å². The summed E-state index contributed by atoms with van der Waals surface area (Å²) in [6, 6.07) is 7.55.